The van der Waals surface area contributed by atoms with Crippen molar-refractivity contribution in [1.29, 1.82) is 0 Å². The summed E-state index contributed by atoms with van der Waals surface area (Å²) in [6.07, 6.45) is 3.64. The van der Waals surface area contributed by atoms with Crippen molar-refractivity contribution in [2.24, 2.45) is 12.2 Å². The fourth-order valence-electron chi connectivity index (χ4n) is 4.58. The maximum Gasteiger partial charge on any atom is 0.258 e. The number of methoxy groups -OCH3 is 2. The van der Waals surface area contributed by atoms with Crippen molar-refractivity contribution >= 4 is 40.0 Å². The largest absolute Gasteiger partial charge is 0.495 e. The average Bonchev–Trinajstić information content (AvgIpc) is 3.33. The summed E-state index contributed by atoms with van der Waals surface area (Å²) in [5, 5.41) is 12.6. The lowest BCUT2D eigenvalue weighted by molar-refractivity contribution is -0.119. The Morgan fingerprint density at radius 1 is 1.10 bits per heavy atom. The highest BCUT2D eigenvalue weighted by Gasteiger charge is 2.25. The standard InChI is InChI=1S/C28H28ClN5O6/c1-33-15-17-12-19(5-7-23(17)31-33)30-27(36)24(8-9-37-2)34-16-25(38-3)22(14-26(34)35)21-13-18(29)4-6-20(21)28-32-40-11-10-39-28/h4-7,12-16,24H,8-11H2,1-3H3,(H,30,36). The van der Waals surface area contributed by atoms with Crippen LogP contribution in [0.5, 0.6) is 5.75 Å². The van der Waals surface area contributed by atoms with Gasteiger partial charge in [0.2, 0.25) is 5.91 Å². The van der Waals surface area contributed by atoms with Gasteiger partial charge in [0.1, 0.15) is 18.4 Å². The number of ether oxygens (including phenoxy) is 3. The molecule has 0 saturated carbocycles. The van der Waals surface area contributed by atoms with Crippen molar-refractivity contribution in [2.75, 3.05) is 39.4 Å². The number of anilines is 1. The third kappa shape index (κ3) is 5.65. The van der Waals surface area contributed by atoms with E-state index in [1.165, 1.54) is 31.0 Å². The van der Waals surface area contributed by atoms with Crippen molar-refractivity contribution in [2.45, 2.75) is 12.5 Å². The molecule has 40 heavy (non-hydrogen) atoms. The van der Waals surface area contributed by atoms with Crippen molar-refractivity contribution < 1.29 is 23.8 Å². The lowest BCUT2D eigenvalue weighted by Crippen LogP contribution is -2.34. The number of oxime groups is 1. The molecule has 0 aliphatic carbocycles. The van der Waals surface area contributed by atoms with Gasteiger partial charge in [0, 0.05) is 66.7 Å². The lowest BCUT2D eigenvalue weighted by Gasteiger charge is -2.22. The van der Waals surface area contributed by atoms with Gasteiger partial charge in [-0.05, 0) is 47.1 Å². The van der Waals surface area contributed by atoms with E-state index < -0.39 is 11.6 Å². The molecule has 1 aliphatic rings. The van der Waals surface area contributed by atoms with Crippen LogP contribution in [-0.2, 0) is 26.2 Å². The van der Waals surface area contributed by atoms with Crippen LogP contribution in [0.4, 0.5) is 5.69 Å². The summed E-state index contributed by atoms with van der Waals surface area (Å²) in [5.41, 5.74) is 2.60. The molecular formula is C28H28ClN5O6. The molecule has 0 fully saturated rings. The number of nitrogens with one attached hydrogen (secondary N) is 1. The van der Waals surface area contributed by atoms with Gasteiger partial charge in [0.15, 0.2) is 6.61 Å². The van der Waals surface area contributed by atoms with E-state index in [-0.39, 0.29) is 24.8 Å². The molecule has 1 aliphatic heterocycles. The normalized spacial score (nSPS) is 13.8. The number of amides is 1. The molecule has 2 aromatic carbocycles. The number of aromatic nitrogens is 3. The van der Waals surface area contributed by atoms with Crippen LogP contribution in [0.15, 0.2) is 64.8 Å². The minimum atomic E-state index is -0.877. The number of aryl methyl sites for hydroxylation is 1. The molecule has 0 spiro atoms. The Morgan fingerprint density at radius 2 is 1.95 bits per heavy atom. The third-order valence-electron chi connectivity index (χ3n) is 6.45. The zero-order chi connectivity index (χ0) is 28.2. The number of halogens is 1. The first-order chi connectivity index (χ1) is 19.4. The molecule has 1 amide bonds. The minimum absolute atomic E-state index is 0.254. The monoisotopic (exact) mass is 565 g/mol. The van der Waals surface area contributed by atoms with E-state index in [9.17, 15) is 9.59 Å². The van der Waals surface area contributed by atoms with E-state index in [0.29, 0.717) is 46.4 Å². The zero-order valence-corrected chi connectivity index (χ0v) is 23.0. The van der Waals surface area contributed by atoms with Gasteiger partial charge in [-0.1, -0.05) is 11.6 Å². The van der Waals surface area contributed by atoms with Crippen LogP contribution < -0.4 is 15.6 Å². The molecule has 1 unspecified atom stereocenters. The summed E-state index contributed by atoms with van der Waals surface area (Å²) >= 11 is 6.33. The summed E-state index contributed by atoms with van der Waals surface area (Å²) in [6, 6.07) is 11.1. The number of hydrogen-bond donors (Lipinski definition) is 1. The Balaban J connectivity index is 1.53. The van der Waals surface area contributed by atoms with Crippen LogP contribution >= 0.6 is 11.6 Å². The highest BCUT2D eigenvalue weighted by Crippen LogP contribution is 2.35. The number of pyridine rings is 1. The quantitative estimate of drug-likeness (QED) is 0.326. The maximum absolute atomic E-state index is 13.5. The zero-order valence-electron chi connectivity index (χ0n) is 22.2. The molecule has 12 heteroatoms. The Morgan fingerprint density at radius 3 is 2.70 bits per heavy atom. The average molecular weight is 566 g/mol. The van der Waals surface area contributed by atoms with E-state index in [1.807, 2.05) is 25.4 Å². The predicted octanol–water partition coefficient (Wildman–Crippen LogP) is 3.99. The van der Waals surface area contributed by atoms with Crippen molar-refractivity contribution in [3.05, 3.63) is 75.8 Å². The maximum atomic E-state index is 13.5. The van der Waals surface area contributed by atoms with Crippen LogP contribution in [-0.4, -0.2) is 60.2 Å². The van der Waals surface area contributed by atoms with Gasteiger partial charge >= 0.3 is 0 Å². The summed E-state index contributed by atoms with van der Waals surface area (Å²) in [6.45, 7) is 0.933. The Bertz CT molecular complexity index is 1650. The molecule has 1 N–H and O–H groups in total. The predicted molar refractivity (Wildman–Crippen MR) is 151 cm³/mol. The topological polar surface area (TPSA) is 118 Å². The summed E-state index contributed by atoms with van der Waals surface area (Å²) in [7, 11) is 4.86. The van der Waals surface area contributed by atoms with E-state index in [1.54, 1.807) is 28.9 Å². The number of benzene rings is 2. The molecule has 4 aromatic rings. The molecule has 1 atom stereocenters. The smallest absolute Gasteiger partial charge is 0.258 e. The van der Waals surface area contributed by atoms with Gasteiger partial charge in [-0.3, -0.25) is 18.8 Å². The number of rotatable bonds is 9. The third-order valence-corrected chi connectivity index (χ3v) is 6.68. The van der Waals surface area contributed by atoms with Crippen molar-refractivity contribution in [3.8, 4) is 16.9 Å². The number of nitrogens with zero attached hydrogens (tertiary/aromatic N) is 4. The van der Waals surface area contributed by atoms with Gasteiger partial charge in [-0.2, -0.15) is 5.10 Å². The Hall–Kier alpha value is -4.35. The van der Waals surface area contributed by atoms with Gasteiger partial charge in [0.05, 0.1) is 18.8 Å². The Labute approximate surface area is 234 Å². The van der Waals surface area contributed by atoms with E-state index >= 15 is 0 Å². The van der Waals surface area contributed by atoms with E-state index in [4.69, 9.17) is 30.6 Å². The summed E-state index contributed by atoms with van der Waals surface area (Å²) < 4.78 is 19.7. The second-order valence-corrected chi connectivity index (χ2v) is 9.57. The van der Waals surface area contributed by atoms with Crippen LogP contribution in [0.1, 0.15) is 18.0 Å². The fraction of sp³-hybridized carbons (Fsp3) is 0.286. The molecule has 11 nitrogen and oxygen atoms in total. The van der Waals surface area contributed by atoms with Crippen LogP contribution in [0.25, 0.3) is 22.0 Å². The second kappa shape index (κ2) is 11.8. The van der Waals surface area contributed by atoms with Crippen LogP contribution in [0.2, 0.25) is 5.02 Å². The van der Waals surface area contributed by atoms with Gasteiger partial charge < -0.3 is 24.4 Å². The van der Waals surface area contributed by atoms with Gasteiger partial charge in [0.25, 0.3) is 11.5 Å². The Kier molecular flexibility index (Phi) is 8.04. The lowest BCUT2D eigenvalue weighted by atomic mass is 9.99. The molecule has 2 aromatic heterocycles. The first kappa shape index (κ1) is 27.2. The number of carbonyl (C=O) groups excluding carboxylic acids is 1. The van der Waals surface area contributed by atoms with Crippen molar-refractivity contribution in [1.82, 2.24) is 14.3 Å². The highest BCUT2D eigenvalue weighted by atomic mass is 35.5. The molecule has 0 bridgehead atoms. The fourth-order valence-corrected chi connectivity index (χ4v) is 4.75. The van der Waals surface area contributed by atoms with Crippen molar-refractivity contribution in [3.63, 3.8) is 0 Å². The molecular weight excluding hydrogens is 538 g/mol. The molecule has 0 radical (unpaired) electrons. The van der Waals surface area contributed by atoms with E-state index in [0.717, 1.165) is 10.9 Å². The number of carbonyl (C=O) groups is 1. The molecule has 5 rings (SSSR count). The van der Waals surface area contributed by atoms with Crippen LogP contribution in [0, 0.1) is 0 Å². The van der Waals surface area contributed by atoms with Gasteiger partial charge in [-0.25, -0.2) is 0 Å². The molecule has 0 saturated heterocycles. The SMILES string of the molecule is COCCC(C(=O)Nc1ccc2nn(C)cc2c1)n1cc(OC)c(-c2cc(Cl)ccc2C2=NOCCO2)cc1=O. The molecule has 208 valence electrons. The first-order valence-electron chi connectivity index (χ1n) is 12.5. The van der Waals surface area contributed by atoms with E-state index in [2.05, 4.69) is 15.6 Å². The summed E-state index contributed by atoms with van der Waals surface area (Å²) in [4.78, 5) is 32.3. The highest BCUT2D eigenvalue weighted by molar-refractivity contribution is 6.31. The minimum Gasteiger partial charge on any atom is -0.495 e. The number of hydrogen-bond acceptors (Lipinski definition) is 8. The van der Waals surface area contributed by atoms with Gasteiger partial charge in [-0.15, -0.1) is 0 Å². The van der Waals surface area contributed by atoms with Crippen LogP contribution in [0.3, 0.4) is 0 Å². The molecule has 3 heterocycles. The second-order valence-electron chi connectivity index (χ2n) is 9.13. The summed E-state index contributed by atoms with van der Waals surface area (Å²) in [5.74, 6) is 0.252. The number of fused-ring (bicyclic) bond motifs is 1. The first-order valence-corrected chi connectivity index (χ1v) is 12.9.